The topological polar surface area (TPSA) is 71.5 Å². The number of para-hydroxylation sites is 2. The van der Waals surface area contributed by atoms with Gasteiger partial charge in [-0.1, -0.05) is 30.3 Å². The van der Waals surface area contributed by atoms with E-state index in [0.29, 0.717) is 18.0 Å². The van der Waals surface area contributed by atoms with Crippen LogP contribution in [-0.4, -0.2) is 30.5 Å². The molecule has 0 aliphatic rings. The van der Waals surface area contributed by atoms with Crippen LogP contribution in [0.3, 0.4) is 0 Å². The molecule has 0 bridgehead atoms. The van der Waals surface area contributed by atoms with E-state index in [2.05, 4.69) is 10.3 Å². The Kier molecular flexibility index (Phi) is 6.24. The maximum atomic E-state index is 13.0. The first-order valence-electron chi connectivity index (χ1n) is 9.33. The Morgan fingerprint density at radius 2 is 1.72 bits per heavy atom. The number of pyridine rings is 1. The number of hydrogen-bond donors (Lipinski definition) is 1. The van der Waals surface area contributed by atoms with Crippen LogP contribution < -0.4 is 15.0 Å². The van der Waals surface area contributed by atoms with Crippen molar-refractivity contribution in [2.75, 3.05) is 23.9 Å². The molecular formula is C23H23N3O3. The number of carbonyl (C=O) groups excluding carboxylic acids is 2. The van der Waals surface area contributed by atoms with Crippen LogP contribution >= 0.6 is 0 Å². The van der Waals surface area contributed by atoms with Crippen molar-refractivity contribution < 1.29 is 14.3 Å². The van der Waals surface area contributed by atoms with Gasteiger partial charge in [-0.05, 0) is 55.8 Å². The molecular weight excluding hydrogens is 366 g/mol. The fraction of sp³-hybridized carbons (Fsp3) is 0.174. The van der Waals surface area contributed by atoms with E-state index < -0.39 is 5.91 Å². The SMILES string of the molecule is CCN(C(=O)c1cccc(C(=O)Nc2ccccc2OC)n1)c1cccc(C)c1. The summed E-state index contributed by atoms with van der Waals surface area (Å²) >= 11 is 0. The second-order valence-corrected chi connectivity index (χ2v) is 6.45. The van der Waals surface area contributed by atoms with E-state index >= 15 is 0 Å². The van der Waals surface area contributed by atoms with Crippen LogP contribution in [0.5, 0.6) is 5.75 Å². The molecule has 1 heterocycles. The molecule has 0 spiro atoms. The molecule has 2 amide bonds. The maximum Gasteiger partial charge on any atom is 0.276 e. The van der Waals surface area contributed by atoms with Crippen molar-refractivity contribution in [3.63, 3.8) is 0 Å². The molecule has 3 aromatic rings. The van der Waals surface area contributed by atoms with Crippen LogP contribution in [0, 0.1) is 6.92 Å². The number of aryl methyl sites for hydroxylation is 1. The highest BCUT2D eigenvalue weighted by Gasteiger charge is 2.19. The third-order valence-electron chi connectivity index (χ3n) is 4.43. The molecule has 1 aromatic heterocycles. The Labute approximate surface area is 170 Å². The van der Waals surface area contributed by atoms with Gasteiger partial charge in [0.2, 0.25) is 0 Å². The monoisotopic (exact) mass is 389 g/mol. The van der Waals surface area contributed by atoms with Crippen LogP contribution in [-0.2, 0) is 0 Å². The number of aromatic nitrogens is 1. The Bertz CT molecular complexity index is 1030. The molecule has 29 heavy (non-hydrogen) atoms. The molecule has 6 heteroatoms. The summed E-state index contributed by atoms with van der Waals surface area (Å²) in [5, 5.41) is 2.77. The molecule has 3 rings (SSSR count). The molecule has 0 aliphatic carbocycles. The number of nitrogens with zero attached hydrogens (tertiary/aromatic N) is 2. The summed E-state index contributed by atoms with van der Waals surface area (Å²) in [7, 11) is 1.53. The Morgan fingerprint density at radius 3 is 2.45 bits per heavy atom. The number of hydrogen-bond acceptors (Lipinski definition) is 4. The first-order chi connectivity index (χ1) is 14.0. The van der Waals surface area contributed by atoms with E-state index in [-0.39, 0.29) is 17.3 Å². The van der Waals surface area contributed by atoms with E-state index in [1.54, 1.807) is 41.3 Å². The molecule has 0 fully saturated rings. The molecule has 6 nitrogen and oxygen atoms in total. The number of methoxy groups -OCH3 is 1. The molecule has 0 saturated heterocycles. The van der Waals surface area contributed by atoms with Crippen molar-refractivity contribution in [2.24, 2.45) is 0 Å². The first-order valence-corrected chi connectivity index (χ1v) is 9.33. The lowest BCUT2D eigenvalue weighted by Crippen LogP contribution is -2.31. The Morgan fingerprint density at radius 1 is 1.00 bits per heavy atom. The largest absolute Gasteiger partial charge is 0.495 e. The summed E-state index contributed by atoms with van der Waals surface area (Å²) in [6.07, 6.45) is 0. The van der Waals surface area contributed by atoms with Crippen molar-refractivity contribution in [3.8, 4) is 5.75 Å². The number of nitrogens with one attached hydrogen (secondary N) is 1. The highest BCUT2D eigenvalue weighted by Crippen LogP contribution is 2.23. The van der Waals surface area contributed by atoms with Gasteiger partial charge in [-0.3, -0.25) is 9.59 Å². The van der Waals surface area contributed by atoms with E-state index in [1.165, 1.54) is 7.11 Å². The van der Waals surface area contributed by atoms with Gasteiger partial charge >= 0.3 is 0 Å². The molecule has 0 radical (unpaired) electrons. The van der Waals surface area contributed by atoms with Gasteiger partial charge in [0.15, 0.2) is 0 Å². The fourth-order valence-electron chi connectivity index (χ4n) is 2.99. The van der Waals surface area contributed by atoms with Gasteiger partial charge in [0.05, 0.1) is 12.8 Å². The van der Waals surface area contributed by atoms with Gasteiger partial charge in [0.25, 0.3) is 11.8 Å². The highest BCUT2D eigenvalue weighted by molar-refractivity contribution is 6.07. The van der Waals surface area contributed by atoms with E-state index in [9.17, 15) is 9.59 Å². The maximum absolute atomic E-state index is 13.0. The van der Waals surface area contributed by atoms with Gasteiger partial charge in [0, 0.05) is 12.2 Å². The number of ether oxygens (including phenoxy) is 1. The first kappa shape index (κ1) is 20.1. The Hall–Kier alpha value is -3.67. The van der Waals surface area contributed by atoms with Crippen LogP contribution in [0.2, 0.25) is 0 Å². The number of benzene rings is 2. The second-order valence-electron chi connectivity index (χ2n) is 6.45. The fourth-order valence-corrected chi connectivity index (χ4v) is 2.99. The zero-order valence-electron chi connectivity index (χ0n) is 16.7. The second kappa shape index (κ2) is 9.01. The van der Waals surface area contributed by atoms with Crippen LogP contribution in [0.25, 0.3) is 0 Å². The predicted molar refractivity (Wildman–Crippen MR) is 114 cm³/mol. The number of amides is 2. The lowest BCUT2D eigenvalue weighted by molar-refractivity contribution is 0.0983. The lowest BCUT2D eigenvalue weighted by atomic mass is 10.2. The lowest BCUT2D eigenvalue weighted by Gasteiger charge is -2.21. The van der Waals surface area contributed by atoms with E-state index in [4.69, 9.17) is 4.74 Å². The number of carbonyl (C=O) groups is 2. The van der Waals surface area contributed by atoms with Crippen molar-refractivity contribution in [3.05, 3.63) is 83.7 Å². The number of anilines is 2. The minimum atomic E-state index is -0.414. The van der Waals surface area contributed by atoms with Gasteiger partial charge in [0.1, 0.15) is 17.1 Å². The summed E-state index contributed by atoms with van der Waals surface area (Å²) in [6.45, 7) is 4.36. The van der Waals surface area contributed by atoms with Crippen LogP contribution in [0.15, 0.2) is 66.7 Å². The zero-order valence-corrected chi connectivity index (χ0v) is 16.7. The molecule has 0 saturated carbocycles. The van der Waals surface area contributed by atoms with Crippen molar-refractivity contribution in [1.82, 2.24) is 4.98 Å². The standard InChI is InChI=1S/C23H23N3O3/c1-4-26(17-10-7-9-16(2)15-17)23(28)20-13-8-12-19(24-20)22(27)25-18-11-5-6-14-21(18)29-3/h5-15H,4H2,1-3H3,(H,25,27). The normalized spacial score (nSPS) is 10.3. The average molecular weight is 389 g/mol. The zero-order chi connectivity index (χ0) is 20.8. The molecule has 0 atom stereocenters. The highest BCUT2D eigenvalue weighted by atomic mass is 16.5. The minimum Gasteiger partial charge on any atom is -0.495 e. The van der Waals surface area contributed by atoms with Gasteiger partial charge in [-0.2, -0.15) is 0 Å². The van der Waals surface area contributed by atoms with Crippen molar-refractivity contribution in [2.45, 2.75) is 13.8 Å². The molecule has 1 N–H and O–H groups in total. The third-order valence-corrected chi connectivity index (χ3v) is 4.43. The summed E-state index contributed by atoms with van der Waals surface area (Å²) < 4.78 is 5.25. The summed E-state index contributed by atoms with van der Waals surface area (Å²) in [5.74, 6) is -0.127. The molecule has 148 valence electrons. The van der Waals surface area contributed by atoms with Crippen LogP contribution in [0.1, 0.15) is 33.5 Å². The summed E-state index contributed by atoms with van der Waals surface area (Å²) in [6, 6.07) is 19.7. The minimum absolute atomic E-state index is 0.155. The third kappa shape index (κ3) is 4.60. The van der Waals surface area contributed by atoms with Crippen molar-refractivity contribution >= 4 is 23.2 Å². The average Bonchev–Trinajstić information content (AvgIpc) is 2.74. The van der Waals surface area contributed by atoms with Crippen molar-refractivity contribution in [1.29, 1.82) is 0 Å². The quantitative estimate of drug-likeness (QED) is 0.682. The van der Waals surface area contributed by atoms with Gasteiger partial charge in [-0.25, -0.2) is 4.98 Å². The smallest absolute Gasteiger partial charge is 0.276 e. The number of rotatable bonds is 6. The van der Waals surface area contributed by atoms with E-state index in [1.807, 2.05) is 44.2 Å². The van der Waals surface area contributed by atoms with Crippen LogP contribution in [0.4, 0.5) is 11.4 Å². The van der Waals surface area contributed by atoms with Gasteiger partial charge < -0.3 is 15.0 Å². The molecule has 0 aliphatic heterocycles. The summed E-state index contributed by atoms with van der Waals surface area (Å²) in [4.78, 5) is 31.6. The van der Waals surface area contributed by atoms with E-state index in [0.717, 1.165) is 11.3 Å². The van der Waals surface area contributed by atoms with Gasteiger partial charge in [-0.15, -0.1) is 0 Å². The summed E-state index contributed by atoms with van der Waals surface area (Å²) in [5.41, 5.74) is 2.76. The Balaban J connectivity index is 1.84. The predicted octanol–water partition coefficient (Wildman–Crippen LogP) is 4.32. The molecule has 0 unspecified atom stereocenters. The molecule has 2 aromatic carbocycles.